The van der Waals surface area contributed by atoms with Crippen LogP contribution in [-0.4, -0.2) is 18.5 Å². The fourth-order valence-corrected chi connectivity index (χ4v) is 1.55. The zero-order chi connectivity index (χ0) is 9.80. The molecule has 0 radical (unpaired) electrons. The van der Waals surface area contributed by atoms with Crippen molar-refractivity contribution in [3.63, 3.8) is 0 Å². The van der Waals surface area contributed by atoms with Gasteiger partial charge in [-0.3, -0.25) is 0 Å². The molecule has 0 bridgehead atoms. The first-order valence-corrected chi connectivity index (χ1v) is 5.12. The lowest BCUT2D eigenvalue weighted by molar-refractivity contribution is 0.309. The van der Waals surface area contributed by atoms with E-state index in [1.54, 1.807) is 0 Å². The first-order valence-electron chi connectivity index (χ1n) is 5.12. The molecule has 1 heterocycles. The Balaban J connectivity index is 1.99. The third kappa shape index (κ3) is 2.13. The SMILES string of the molecule is CC[C@H]1COC(Cc2ccccc2)=N1. The Bertz CT molecular complexity index is 318. The third-order valence-electron chi connectivity index (χ3n) is 2.44. The summed E-state index contributed by atoms with van der Waals surface area (Å²) in [5, 5.41) is 0. The molecule has 0 N–H and O–H groups in total. The predicted octanol–water partition coefficient (Wildman–Crippen LogP) is 2.44. The molecule has 14 heavy (non-hydrogen) atoms. The Morgan fingerprint density at radius 1 is 1.36 bits per heavy atom. The second-order valence-corrected chi connectivity index (χ2v) is 3.56. The molecule has 0 amide bonds. The second kappa shape index (κ2) is 4.27. The lowest BCUT2D eigenvalue weighted by Crippen LogP contribution is -2.04. The highest BCUT2D eigenvalue weighted by Crippen LogP contribution is 2.11. The van der Waals surface area contributed by atoms with Crippen LogP contribution in [0.4, 0.5) is 0 Å². The molecule has 1 aliphatic rings. The van der Waals surface area contributed by atoms with Crippen LogP contribution in [-0.2, 0) is 11.2 Å². The van der Waals surface area contributed by atoms with E-state index in [-0.39, 0.29) is 0 Å². The van der Waals surface area contributed by atoms with Crippen LogP contribution < -0.4 is 0 Å². The molecular weight excluding hydrogens is 174 g/mol. The van der Waals surface area contributed by atoms with Crippen molar-refractivity contribution in [3.05, 3.63) is 35.9 Å². The van der Waals surface area contributed by atoms with E-state index in [4.69, 9.17) is 4.74 Å². The monoisotopic (exact) mass is 189 g/mol. The largest absolute Gasteiger partial charge is 0.478 e. The van der Waals surface area contributed by atoms with Crippen LogP contribution in [0.25, 0.3) is 0 Å². The van der Waals surface area contributed by atoms with Gasteiger partial charge in [0, 0.05) is 6.42 Å². The summed E-state index contributed by atoms with van der Waals surface area (Å²) in [6.45, 7) is 2.90. The number of nitrogens with zero attached hydrogens (tertiary/aromatic N) is 1. The molecule has 2 nitrogen and oxygen atoms in total. The molecule has 1 aromatic carbocycles. The highest BCUT2D eigenvalue weighted by atomic mass is 16.5. The molecule has 0 aromatic heterocycles. The highest BCUT2D eigenvalue weighted by molar-refractivity contribution is 5.80. The summed E-state index contributed by atoms with van der Waals surface area (Å²) in [5.41, 5.74) is 1.27. The molecule has 1 atom stereocenters. The van der Waals surface area contributed by atoms with Crippen molar-refractivity contribution in [2.75, 3.05) is 6.61 Å². The van der Waals surface area contributed by atoms with Crippen LogP contribution in [0.3, 0.4) is 0 Å². The Kier molecular flexibility index (Phi) is 2.82. The predicted molar refractivity (Wildman–Crippen MR) is 57.6 cm³/mol. The smallest absolute Gasteiger partial charge is 0.188 e. The number of ether oxygens (including phenoxy) is 1. The van der Waals surface area contributed by atoms with Gasteiger partial charge < -0.3 is 4.74 Å². The number of benzene rings is 1. The summed E-state index contributed by atoms with van der Waals surface area (Å²) in [4.78, 5) is 4.50. The average Bonchev–Trinajstić information content (AvgIpc) is 2.67. The zero-order valence-electron chi connectivity index (χ0n) is 8.44. The summed E-state index contributed by atoms with van der Waals surface area (Å²) in [7, 11) is 0. The quantitative estimate of drug-likeness (QED) is 0.715. The molecule has 0 unspecified atom stereocenters. The Morgan fingerprint density at radius 2 is 2.14 bits per heavy atom. The maximum absolute atomic E-state index is 5.51. The van der Waals surface area contributed by atoms with Crippen molar-refractivity contribution in [1.29, 1.82) is 0 Å². The lowest BCUT2D eigenvalue weighted by Gasteiger charge is -2.00. The van der Waals surface area contributed by atoms with E-state index in [1.165, 1.54) is 5.56 Å². The van der Waals surface area contributed by atoms with E-state index in [9.17, 15) is 0 Å². The van der Waals surface area contributed by atoms with Crippen LogP contribution in [0.2, 0.25) is 0 Å². The molecule has 74 valence electrons. The van der Waals surface area contributed by atoms with E-state index in [0.717, 1.165) is 25.3 Å². The van der Waals surface area contributed by atoms with E-state index in [0.29, 0.717) is 6.04 Å². The van der Waals surface area contributed by atoms with Gasteiger partial charge in [0.1, 0.15) is 6.61 Å². The minimum atomic E-state index is 0.383. The molecule has 0 spiro atoms. The van der Waals surface area contributed by atoms with Crippen molar-refractivity contribution < 1.29 is 4.74 Å². The van der Waals surface area contributed by atoms with Crippen LogP contribution in [0.1, 0.15) is 18.9 Å². The molecule has 2 rings (SSSR count). The lowest BCUT2D eigenvalue weighted by atomic mass is 10.1. The number of rotatable bonds is 3. The molecule has 0 saturated carbocycles. The summed E-state index contributed by atoms with van der Waals surface area (Å²) in [6.07, 6.45) is 1.90. The van der Waals surface area contributed by atoms with Crippen molar-refractivity contribution in [1.82, 2.24) is 0 Å². The van der Waals surface area contributed by atoms with Crippen molar-refractivity contribution >= 4 is 5.90 Å². The Hall–Kier alpha value is -1.31. The maximum Gasteiger partial charge on any atom is 0.188 e. The molecule has 0 aliphatic carbocycles. The minimum absolute atomic E-state index is 0.383. The molecule has 0 saturated heterocycles. The van der Waals surface area contributed by atoms with Crippen molar-refractivity contribution in [2.24, 2.45) is 4.99 Å². The Labute approximate surface area is 84.6 Å². The molecule has 2 heteroatoms. The summed E-state index contributed by atoms with van der Waals surface area (Å²) >= 11 is 0. The molecule has 0 fully saturated rings. The van der Waals surface area contributed by atoms with Crippen LogP contribution >= 0.6 is 0 Å². The van der Waals surface area contributed by atoms with Crippen LogP contribution in [0.5, 0.6) is 0 Å². The fourth-order valence-electron chi connectivity index (χ4n) is 1.55. The average molecular weight is 189 g/mol. The summed E-state index contributed by atoms with van der Waals surface area (Å²) in [5.74, 6) is 0.892. The van der Waals surface area contributed by atoms with Crippen LogP contribution in [0.15, 0.2) is 35.3 Å². The van der Waals surface area contributed by atoms with Gasteiger partial charge in [0.05, 0.1) is 6.04 Å². The fraction of sp³-hybridized carbons (Fsp3) is 0.417. The zero-order valence-corrected chi connectivity index (χ0v) is 8.44. The first-order chi connectivity index (χ1) is 6.88. The number of hydrogen-bond acceptors (Lipinski definition) is 2. The molecule has 1 aliphatic heterocycles. The van der Waals surface area contributed by atoms with E-state index < -0.39 is 0 Å². The van der Waals surface area contributed by atoms with Crippen molar-refractivity contribution in [3.8, 4) is 0 Å². The topological polar surface area (TPSA) is 21.6 Å². The van der Waals surface area contributed by atoms with Crippen LogP contribution in [0, 0.1) is 0 Å². The van der Waals surface area contributed by atoms with Gasteiger partial charge in [-0.25, -0.2) is 4.99 Å². The van der Waals surface area contributed by atoms with Gasteiger partial charge >= 0.3 is 0 Å². The summed E-state index contributed by atoms with van der Waals surface area (Å²) in [6, 6.07) is 10.7. The van der Waals surface area contributed by atoms with Gasteiger partial charge in [0.15, 0.2) is 5.90 Å². The van der Waals surface area contributed by atoms with E-state index in [2.05, 4.69) is 24.0 Å². The van der Waals surface area contributed by atoms with Gasteiger partial charge in [-0.05, 0) is 12.0 Å². The van der Waals surface area contributed by atoms with Gasteiger partial charge in [0.2, 0.25) is 0 Å². The van der Waals surface area contributed by atoms with Gasteiger partial charge in [-0.15, -0.1) is 0 Å². The van der Waals surface area contributed by atoms with Gasteiger partial charge in [0.25, 0.3) is 0 Å². The van der Waals surface area contributed by atoms with Gasteiger partial charge in [-0.1, -0.05) is 37.3 Å². The number of aliphatic imine (C=N–C) groups is 1. The molecule has 1 aromatic rings. The first kappa shape index (κ1) is 9.25. The minimum Gasteiger partial charge on any atom is -0.478 e. The second-order valence-electron chi connectivity index (χ2n) is 3.56. The Morgan fingerprint density at radius 3 is 2.79 bits per heavy atom. The third-order valence-corrected chi connectivity index (χ3v) is 2.44. The summed E-state index contributed by atoms with van der Waals surface area (Å²) < 4.78 is 5.51. The number of hydrogen-bond donors (Lipinski definition) is 0. The normalized spacial score (nSPS) is 20.4. The van der Waals surface area contributed by atoms with Gasteiger partial charge in [-0.2, -0.15) is 0 Å². The van der Waals surface area contributed by atoms with Crippen molar-refractivity contribution in [2.45, 2.75) is 25.8 Å². The maximum atomic E-state index is 5.51. The van der Waals surface area contributed by atoms with E-state index >= 15 is 0 Å². The molecular formula is C12H15NO. The highest BCUT2D eigenvalue weighted by Gasteiger charge is 2.16. The standard InChI is InChI=1S/C12H15NO/c1-2-11-9-14-12(13-11)8-10-6-4-3-5-7-10/h3-7,11H,2,8-9H2,1H3/t11-/m0/s1. The van der Waals surface area contributed by atoms with E-state index in [1.807, 2.05) is 18.2 Å².